The van der Waals surface area contributed by atoms with E-state index < -0.39 is 45.5 Å². The normalized spacial score (nSPS) is 20.6. The zero-order valence-electron chi connectivity index (χ0n) is 43.6. The molecule has 1 fully saturated rings. The Morgan fingerprint density at radius 2 is 1.52 bits per heavy atom. The second kappa shape index (κ2) is 25.8. The summed E-state index contributed by atoms with van der Waals surface area (Å²) in [4.78, 5) is 59.3. The van der Waals surface area contributed by atoms with Crippen LogP contribution in [-0.4, -0.2) is 74.3 Å². The van der Waals surface area contributed by atoms with Crippen molar-refractivity contribution in [2.24, 2.45) is 22.9 Å². The van der Waals surface area contributed by atoms with Crippen LogP contribution in [0.15, 0.2) is 175 Å². The van der Waals surface area contributed by atoms with Gasteiger partial charge in [0.1, 0.15) is 24.1 Å². The molecule has 0 unspecified atom stereocenters. The standard InChI is InChI=1S/C62H63N5O12/c1-2-35-76-62-57(65(40-47-18-12-17-45-15-6-7-19-51(45)47)58(70)32-25-42-21-26-48(27-22-42)66(72)73)38-55(64-77-41-44-23-28-49(29-24-44)67(74)75)53-36-46(16-8-10-33-68)52(20-9-11-34-69)59(60(53)62)54-37-50(30-31-56(54)79-62)78-61(71)63-39-43-13-4-3-5-14-43/h2-7,12-15,17-19,21-32,36-37,46,52,57,59-60,68-69H,1,8-11,16,20,33-35,38-41H2,(H,63,71)/t46-,52+,57-,59+,60+,62+/m0/s1. The highest BCUT2D eigenvalue weighted by molar-refractivity contribution is 6.03. The van der Waals surface area contributed by atoms with Crippen molar-refractivity contribution in [3.05, 3.63) is 218 Å². The molecule has 6 aromatic rings. The summed E-state index contributed by atoms with van der Waals surface area (Å²) in [6, 6.07) is 39.5. The van der Waals surface area contributed by atoms with Crippen LogP contribution < -0.4 is 14.8 Å². The van der Waals surface area contributed by atoms with E-state index in [-0.39, 0.29) is 74.9 Å². The Morgan fingerprint density at radius 1 is 0.823 bits per heavy atom. The van der Waals surface area contributed by atoms with Crippen LogP contribution in [0, 0.1) is 38.0 Å². The van der Waals surface area contributed by atoms with Crippen LogP contribution in [0.5, 0.6) is 11.5 Å². The van der Waals surface area contributed by atoms with E-state index in [9.17, 15) is 35.2 Å². The molecule has 0 radical (unpaired) electrons. The number of nitro benzene ring substituents is 2. The van der Waals surface area contributed by atoms with Gasteiger partial charge in [-0.3, -0.25) is 25.0 Å². The number of aliphatic hydroxyl groups is 2. The third-order valence-corrected chi connectivity index (χ3v) is 15.1. The number of ether oxygens (including phenoxy) is 3. The Bertz CT molecular complexity index is 3230. The third-order valence-electron chi connectivity index (χ3n) is 15.1. The first-order valence-corrected chi connectivity index (χ1v) is 26.6. The third kappa shape index (κ3) is 12.8. The first kappa shape index (κ1) is 55.3. The van der Waals surface area contributed by atoms with Crippen molar-refractivity contribution in [2.75, 3.05) is 19.8 Å². The van der Waals surface area contributed by atoms with E-state index in [0.29, 0.717) is 61.1 Å². The fourth-order valence-corrected chi connectivity index (χ4v) is 11.4. The summed E-state index contributed by atoms with van der Waals surface area (Å²) in [5.74, 6) is -2.83. The maximum Gasteiger partial charge on any atom is 0.412 e. The molecule has 3 N–H and O–H groups in total. The summed E-state index contributed by atoms with van der Waals surface area (Å²) >= 11 is 0. The molecule has 6 aromatic carbocycles. The van der Waals surface area contributed by atoms with Crippen molar-refractivity contribution >= 4 is 45.9 Å². The van der Waals surface area contributed by atoms with Gasteiger partial charge in [-0.2, -0.15) is 0 Å². The van der Waals surface area contributed by atoms with Gasteiger partial charge in [0, 0.05) is 74.5 Å². The molecule has 2 aliphatic carbocycles. The summed E-state index contributed by atoms with van der Waals surface area (Å²) in [6.45, 7) is 4.32. The molecule has 79 heavy (non-hydrogen) atoms. The average molecular weight is 1070 g/mol. The largest absolute Gasteiger partial charge is 0.459 e. The van der Waals surface area contributed by atoms with Crippen LogP contribution in [-0.2, 0) is 34.1 Å². The molecule has 0 bridgehead atoms. The molecule has 1 aliphatic heterocycles. The minimum absolute atomic E-state index is 0.00171. The maximum absolute atomic E-state index is 15.6. The SMILES string of the molecule is C=CCO[C@@]12Oc3ccc(OC(=O)NCc4ccccc4)cc3[C@H]3[C@H](CCCCO)[C@@H](CCCCO)C=C(C(=NOCc4ccc([N+](=O)[O-])cc4)C[C@@H]1N(Cc1cccc4ccccc14)C(=O)C=Cc1ccc([N+](=O)[O-])cc1)[C@H]32. The number of allylic oxidation sites excluding steroid dienone is 1. The summed E-state index contributed by atoms with van der Waals surface area (Å²) in [7, 11) is 0. The quantitative estimate of drug-likeness (QED) is 0.0169. The van der Waals surface area contributed by atoms with Crippen LogP contribution in [0.25, 0.3) is 16.8 Å². The highest BCUT2D eigenvalue weighted by Gasteiger charge is 2.65. The van der Waals surface area contributed by atoms with Gasteiger partial charge in [0.25, 0.3) is 11.4 Å². The molecule has 3 aliphatic rings. The Kier molecular flexibility index (Phi) is 18.0. The zero-order chi connectivity index (χ0) is 55.3. The van der Waals surface area contributed by atoms with Crippen molar-refractivity contribution in [3.63, 3.8) is 0 Å². The summed E-state index contributed by atoms with van der Waals surface area (Å²) in [6.07, 6.45) is 10.1. The number of aliphatic hydroxyl groups excluding tert-OH is 2. The molecular formula is C62H63N5O12. The van der Waals surface area contributed by atoms with E-state index in [2.05, 4.69) is 18.0 Å². The number of unbranched alkanes of at least 4 members (excludes halogenated alkanes) is 2. The number of oxime groups is 1. The number of nitro groups is 2. The lowest BCUT2D eigenvalue weighted by atomic mass is 9.55. The Balaban J connectivity index is 1.23. The number of nitrogens with one attached hydrogen (secondary N) is 1. The van der Waals surface area contributed by atoms with Crippen LogP contribution in [0.4, 0.5) is 16.2 Å². The molecule has 0 saturated heterocycles. The Hall–Kier alpha value is -8.51. The number of fused-ring (bicyclic) bond motifs is 3. The lowest BCUT2D eigenvalue weighted by molar-refractivity contribution is -0.385. The number of nitrogens with zero attached hydrogens (tertiary/aromatic N) is 4. The van der Waals surface area contributed by atoms with E-state index in [1.807, 2.05) is 78.9 Å². The highest BCUT2D eigenvalue weighted by Crippen LogP contribution is 2.62. The number of hydrogen-bond donors (Lipinski definition) is 3. The van der Waals surface area contributed by atoms with E-state index >= 15 is 4.79 Å². The van der Waals surface area contributed by atoms with Crippen LogP contribution in [0.3, 0.4) is 0 Å². The number of carbonyl (C=O) groups is 2. The fourth-order valence-electron chi connectivity index (χ4n) is 11.4. The molecule has 17 nitrogen and oxygen atoms in total. The number of benzene rings is 6. The summed E-state index contributed by atoms with van der Waals surface area (Å²) in [5, 5.41) is 53.0. The minimum Gasteiger partial charge on any atom is -0.459 e. The molecule has 2 amide bonds. The van der Waals surface area contributed by atoms with Gasteiger partial charge in [0.05, 0.1) is 28.1 Å². The van der Waals surface area contributed by atoms with Crippen LogP contribution in [0.2, 0.25) is 0 Å². The second-order valence-electron chi connectivity index (χ2n) is 20.0. The first-order valence-electron chi connectivity index (χ1n) is 26.6. The van der Waals surface area contributed by atoms with Gasteiger partial charge in [-0.1, -0.05) is 103 Å². The zero-order valence-corrected chi connectivity index (χ0v) is 43.6. The smallest absolute Gasteiger partial charge is 0.412 e. The van der Waals surface area contributed by atoms with Gasteiger partial charge in [-0.15, -0.1) is 6.58 Å². The van der Waals surface area contributed by atoms with Crippen LogP contribution in [0.1, 0.15) is 78.7 Å². The number of carbonyl (C=O) groups excluding carboxylic acids is 2. The van der Waals surface area contributed by atoms with Crippen LogP contribution >= 0.6 is 0 Å². The number of amides is 2. The Morgan fingerprint density at radius 3 is 2.24 bits per heavy atom. The van der Waals surface area contributed by atoms with Gasteiger partial charge in [-0.25, -0.2) is 4.79 Å². The van der Waals surface area contributed by atoms with E-state index in [1.165, 1.54) is 30.3 Å². The van der Waals surface area contributed by atoms with E-state index in [0.717, 1.165) is 33.0 Å². The predicted octanol–water partition coefficient (Wildman–Crippen LogP) is 11.5. The maximum atomic E-state index is 15.6. The molecular weight excluding hydrogens is 1010 g/mol. The van der Waals surface area contributed by atoms with Gasteiger partial charge >= 0.3 is 6.09 Å². The summed E-state index contributed by atoms with van der Waals surface area (Å²) in [5.41, 5.74) is 4.75. The monoisotopic (exact) mass is 1070 g/mol. The molecule has 1 saturated carbocycles. The number of rotatable bonds is 24. The van der Waals surface area contributed by atoms with Gasteiger partial charge < -0.3 is 39.5 Å². The first-order chi connectivity index (χ1) is 38.5. The van der Waals surface area contributed by atoms with Crippen molar-refractivity contribution in [2.45, 2.75) is 82.4 Å². The van der Waals surface area contributed by atoms with E-state index in [4.69, 9.17) is 24.2 Å². The molecule has 408 valence electrons. The van der Waals surface area contributed by atoms with Crippen molar-refractivity contribution in [3.8, 4) is 11.5 Å². The average Bonchev–Trinajstić information content (AvgIpc) is 3.65. The van der Waals surface area contributed by atoms with Crippen molar-refractivity contribution < 1.29 is 48.7 Å². The second-order valence-corrected chi connectivity index (χ2v) is 20.0. The van der Waals surface area contributed by atoms with E-state index in [1.54, 1.807) is 53.5 Å². The van der Waals surface area contributed by atoms with Crippen molar-refractivity contribution in [1.82, 2.24) is 10.2 Å². The molecule has 1 heterocycles. The molecule has 0 spiro atoms. The Labute approximate surface area is 457 Å². The molecule has 9 rings (SSSR count). The molecule has 6 atom stereocenters. The summed E-state index contributed by atoms with van der Waals surface area (Å²) < 4.78 is 20.7. The highest BCUT2D eigenvalue weighted by atomic mass is 16.7. The minimum atomic E-state index is -1.67. The van der Waals surface area contributed by atoms with Gasteiger partial charge in [-0.05, 0) is 125 Å². The van der Waals surface area contributed by atoms with Gasteiger partial charge in [0.2, 0.25) is 11.7 Å². The molecule has 0 aromatic heterocycles. The predicted molar refractivity (Wildman–Crippen MR) is 299 cm³/mol. The number of non-ortho nitro benzene ring substituents is 2. The van der Waals surface area contributed by atoms with Crippen molar-refractivity contribution in [1.29, 1.82) is 0 Å². The van der Waals surface area contributed by atoms with Gasteiger partial charge in [0.15, 0.2) is 0 Å². The lowest BCUT2D eigenvalue weighted by Crippen LogP contribution is -2.70. The lowest BCUT2D eigenvalue weighted by Gasteiger charge is -2.60. The molecule has 17 heteroatoms. The fraction of sp³-hybridized carbons (Fsp3) is 0.306. The topological polar surface area (TPSA) is 225 Å². The number of hydrogen-bond acceptors (Lipinski definition) is 13.